The molecule has 0 aliphatic rings. The molecule has 0 spiro atoms. The van der Waals surface area contributed by atoms with Crippen LogP contribution < -0.4 is 0 Å². The van der Waals surface area contributed by atoms with Gasteiger partial charge in [0.05, 0.1) is 11.2 Å². The topological polar surface area (TPSA) is 17.8 Å². The number of hydrogen-bond donors (Lipinski definition) is 0. The van der Waals surface area contributed by atoms with Gasteiger partial charge in [-0.25, -0.2) is 0 Å². The molecule has 2 aromatic heterocycles. The summed E-state index contributed by atoms with van der Waals surface area (Å²) in [6.45, 7) is 11.3. The Balaban J connectivity index is 2.31. The number of fused-ring (bicyclic) bond motifs is 1. The number of pyridine rings is 1. The molecule has 2 heterocycles. The van der Waals surface area contributed by atoms with Crippen molar-refractivity contribution in [2.24, 2.45) is 0 Å². The number of aromatic nitrogens is 2. The Labute approximate surface area is 125 Å². The molecule has 2 heteroatoms. The molecule has 3 aromatic rings. The van der Waals surface area contributed by atoms with Gasteiger partial charge in [0.1, 0.15) is 0 Å². The van der Waals surface area contributed by atoms with E-state index in [1.165, 1.54) is 22.2 Å². The van der Waals surface area contributed by atoms with Crippen LogP contribution in [0.3, 0.4) is 0 Å². The highest BCUT2D eigenvalue weighted by Gasteiger charge is 2.15. The molecular weight excluding hydrogens is 256 g/mol. The summed E-state index contributed by atoms with van der Waals surface area (Å²) in [5.41, 5.74) is 7.24. The van der Waals surface area contributed by atoms with E-state index in [0.717, 1.165) is 23.4 Å². The fraction of sp³-hybridized carbons (Fsp3) is 0.211. The van der Waals surface area contributed by atoms with Crippen molar-refractivity contribution >= 4 is 17.0 Å². The lowest BCUT2D eigenvalue weighted by Gasteiger charge is -2.09. The molecule has 0 aliphatic carbocycles. The smallest absolute Gasteiger partial charge is 0.0944 e. The van der Waals surface area contributed by atoms with E-state index in [4.69, 9.17) is 0 Å². The number of aryl methyl sites for hydroxylation is 2. The summed E-state index contributed by atoms with van der Waals surface area (Å²) in [7, 11) is 0. The first-order valence-corrected chi connectivity index (χ1v) is 7.34. The second-order valence-corrected chi connectivity index (χ2v) is 5.34. The van der Waals surface area contributed by atoms with Gasteiger partial charge in [-0.2, -0.15) is 0 Å². The van der Waals surface area contributed by atoms with Gasteiger partial charge in [-0.1, -0.05) is 36.9 Å². The lowest BCUT2D eigenvalue weighted by atomic mass is 10.1. The molecule has 2 nitrogen and oxygen atoms in total. The van der Waals surface area contributed by atoms with Crippen molar-refractivity contribution in [2.75, 3.05) is 0 Å². The molecule has 21 heavy (non-hydrogen) atoms. The van der Waals surface area contributed by atoms with E-state index in [1.807, 2.05) is 12.3 Å². The first kappa shape index (κ1) is 13.6. The Morgan fingerprint density at radius 3 is 2.48 bits per heavy atom. The Hall–Kier alpha value is -2.35. The van der Waals surface area contributed by atoms with Gasteiger partial charge >= 0.3 is 0 Å². The quantitative estimate of drug-likeness (QED) is 0.659. The van der Waals surface area contributed by atoms with Crippen LogP contribution in [0.2, 0.25) is 0 Å². The van der Waals surface area contributed by atoms with E-state index >= 15 is 0 Å². The molecule has 0 fully saturated rings. The first-order valence-electron chi connectivity index (χ1n) is 7.34. The maximum absolute atomic E-state index is 4.65. The number of benzene rings is 1. The van der Waals surface area contributed by atoms with Gasteiger partial charge in [0.15, 0.2) is 0 Å². The molecular formula is C19H20N2. The van der Waals surface area contributed by atoms with Crippen LogP contribution in [0, 0.1) is 13.8 Å². The first-order chi connectivity index (χ1) is 10.2. The zero-order chi connectivity index (χ0) is 15.0. The van der Waals surface area contributed by atoms with Gasteiger partial charge < -0.3 is 4.57 Å². The van der Waals surface area contributed by atoms with E-state index in [0.29, 0.717) is 0 Å². The van der Waals surface area contributed by atoms with Crippen molar-refractivity contribution in [3.63, 3.8) is 0 Å². The summed E-state index contributed by atoms with van der Waals surface area (Å²) in [5.74, 6) is 0. The molecule has 0 radical (unpaired) electrons. The second-order valence-electron chi connectivity index (χ2n) is 5.34. The molecule has 0 saturated heterocycles. The minimum atomic E-state index is 0.958. The normalized spacial score (nSPS) is 11.0. The predicted octanol–water partition coefficient (Wildman–Crippen LogP) is 4.98. The van der Waals surface area contributed by atoms with E-state index in [-0.39, 0.29) is 0 Å². The SMILES string of the molecule is C=Cc1ccc(-c2nccc3c(C)c(C)n(CC)c23)cc1. The highest BCUT2D eigenvalue weighted by Crippen LogP contribution is 2.32. The largest absolute Gasteiger partial charge is 0.343 e. The lowest BCUT2D eigenvalue weighted by molar-refractivity contribution is 0.765. The van der Waals surface area contributed by atoms with E-state index in [9.17, 15) is 0 Å². The van der Waals surface area contributed by atoms with Crippen LogP contribution in [0.25, 0.3) is 28.2 Å². The van der Waals surface area contributed by atoms with Gasteiger partial charge in [-0.3, -0.25) is 4.98 Å². The van der Waals surface area contributed by atoms with Crippen LogP contribution in [-0.4, -0.2) is 9.55 Å². The molecule has 3 rings (SSSR count). The van der Waals surface area contributed by atoms with Crippen molar-refractivity contribution in [3.8, 4) is 11.3 Å². The van der Waals surface area contributed by atoms with Crippen molar-refractivity contribution in [3.05, 3.63) is 59.9 Å². The molecule has 0 unspecified atom stereocenters. The summed E-state index contributed by atoms with van der Waals surface area (Å²) in [4.78, 5) is 4.65. The molecule has 0 aliphatic heterocycles. The number of hydrogen-bond acceptors (Lipinski definition) is 1. The molecule has 0 atom stereocenters. The number of rotatable bonds is 3. The summed E-state index contributed by atoms with van der Waals surface area (Å²) in [6.07, 6.45) is 3.77. The zero-order valence-electron chi connectivity index (χ0n) is 12.9. The Morgan fingerprint density at radius 2 is 1.86 bits per heavy atom. The van der Waals surface area contributed by atoms with Gasteiger partial charge in [0.2, 0.25) is 0 Å². The minimum absolute atomic E-state index is 0.958. The van der Waals surface area contributed by atoms with Gasteiger partial charge in [-0.05, 0) is 38.0 Å². The number of nitrogens with zero attached hydrogens (tertiary/aromatic N) is 2. The summed E-state index contributed by atoms with van der Waals surface area (Å²) >= 11 is 0. The van der Waals surface area contributed by atoms with Crippen LogP contribution in [0.4, 0.5) is 0 Å². The van der Waals surface area contributed by atoms with E-state index < -0.39 is 0 Å². The van der Waals surface area contributed by atoms with Crippen molar-refractivity contribution in [2.45, 2.75) is 27.3 Å². The fourth-order valence-electron chi connectivity index (χ4n) is 2.98. The highest BCUT2D eigenvalue weighted by atomic mass is 15.0. The minimum Gasteiger partial charge on any atom is -0.343 e. The standard InChI is InChI=1S/C19H20N2/c1-5-15-7-9-16(10-8-15)18-19-17(11-12-20-18)13(3)14(4)21(19)6-2/h5,7-12H,1,6H2,2-4H3. The van der Waals surface area contributed by atoms with Gasteiger partial charge in [0, 0.05) is 29.4 Å². The van der Waals surface area contributed by atoms with Crippen LogP contribution in [0.15, 0.2) is 43.1 Å². The molecule has 1 aromatic carbocycles. The van der Waals surface area contributed by atoms with E-state index in [2.05, 4.69) is 67.2 Å². The van der Waals surface area contributed by atoms with E-state index in [1.54, 1.807) is 0 Å². The third kappa shape index (κ3) is 2.07. The summed E-state index contributed by atoms with van der Waals surface area (Å²) < 4.78 is 2.36. The molecule has 0 N–H and O–H groups in total. The fourth-order valence-corrected chi connectivity index (χ4v) is 2.98. The molecule has 106 valence electrons. The molecule has 0 saturated carbocycles. The average molecular weight is 276 g/mol. The Kier molecular flexibility index (Phi) is 3.38. The zero-order valence-corrected chi connectivity index (χ0v) is 12.9. The third-order valence-corrected chi connectivity index (χ3v) is 4.28. The Morgan fingerprint density at radius 1 is 1.14 bits per heavy atom. The molecule has 0 bridgehead atoms. The highest BCUT2D eigenvalue weighted by molar-refractivity contribution is 5.95. The summed E-state index contributed by atoms with van der Waals surface area (Å²) in [6, 6.07) is 10.5. The van der Waals surface area contributed by atoms with Crippen molar-refractivity contribution < 1.29 is 0 Å². The van der Waals surface area contributed by atoms with Crippen LogP contribution in [-0.2, 0) is 6.54 Å². The molecule has 0 amide bonds. The maximum atomic E-state index is 4.65. The van der Waals surface area contributed by atoms with Gasteiger partial charge in [0.25, 0.3) is 0 Å². The third-order valence-electron chi connectivity index (χ3n) is 4.28. The monoisotopic (exact) mass is 276 g/mol. The van der Waals surface area contributed by atoms with Crippen molar-refractivity contribution in [1.82, 2.24) is 9.55 Å². The van der Waals surface area contributed by atoms with Crippen molar-refractivity contribution in [1.29, 1.82) is 0 Å². The van der Waals surface area contributed by atoms with Gasteiger partial charge in [-0.15, -0.1) is 0 Å². The van der Waals surface area contributed by atoms with Crippen LogP contribution >= 0.6 is 0 Å². The predicted molar refractivity (Wildman–Crippen MR) is 90.4 cm³/mol. The lowest BCUT2D eigenvalue weighted by Crippen LogP contribution is -1.98. The second kappa shape index (κ2) is 5.21. The van der Waals surface area contributed by atoms with Crippen LogP contribution in [0.1, 0.15) is 23.7 Å². The summed E-state index contributed by atoms with van der Waals surface area (Å²) in [5, 5.41) is 1.30. The average Bonchev–Trinajstić information content (AvgIpc) is 2.79. The maximum Gasteiger partial charge on any atom is 0.0944 e. The Bertz CT molecular complexity index is 808. The van der Waals surface area contributed by atoms with Crippen LogP contribution in [0.5, 0.6) is 0 Å².